The molecule has 0 aliphatic rings. The molecule has 14 heavy (non-hydrogen) atoms. The Kier molecular flexibility index (Phi) is 3.09. The fourth-order valence-corrected chi connectivity index (χ4v) is 1.56. The van der Waals surface area contributed by atoms with Gasteiger partial charge in [-0.1, -0.05) is 0 Å². The number of hydrogen-bond acceptors (Lipinski definition) is 2. The predicted molar refractivity (Wildman–Crippen MR) is 50.5 cm³/mol. The normalized spacial score (nSPS) is 11.9. The first-order valence-corrected chi connectivity index (χ1v) is 5.18. The van der Waals surface area contributed by atoms with Gasteiger partial charge in [0, 0.05) is 0 Å². The predicted octanol–water partition coefficient (Wildman–Crippen LogP) is 3.44. The number of aromatic nitrogens is 1. The largest absolute Gasteiger partial charge is 0.433 e. The number of rotatable bonds is 1. The van der Waals surface area contributed by atoms with E-state index in [9.17, 15) is 13.2 Å². The zero-order chi connectivity index (χ0) is 10.9. The molecule has 0 radical (unpaired) electrons. The second kappa shape index (κ2) is 3.81. The van der Waals surface area contributed by atoms with Gasteiger partial charge in [-0.3, -0.25) is 0 Å². The molecule has 0 aromatic carbocycles. The lowest BCUT2D eigenvalue weighted by atomic mass is 10.1. The van der Waals surface area contributed by atoms with E-state index >= 15 is 0 Å². The average Bonchev–Trinajstić information content (AvgIpc) is 2.07. The monoisotopic (exact) mass is 221 g/mol. The van der Waals surface area contributed by atoms with Crippen LogP contribution in [0, 0.1) is 13.8 Å². The Morgan fingerprint density at radius 1 is 1.29 bits per heavy atom. The number of alkyl halides is 3. The van der Waals surface area contributed by atoms with E-state index in [0.717, 1.165) is 0 Å². The first-order valence-electron chi connectivity index (χ1n) is 3.95. The van der Waals surface area contributed by atoms with Gasteiger partial charge in [-0.15, -0.1) is 11.8 Å². The Balaban J connectivity index is 3.35. The first kappa shape index (κ1) is 11.4. The summed E-state index contributed by atoms with van der Waals surface area (Å²) in [6.07, 6.45) is -2.65. The van der Waals surface area contributed by atoms with Crippen LogP contribution in [0.4, 0.5) is 13.2 Å². The van der Waals surface area contributed by atoms with Crippen molar-refractivity contribution in [2.24, 2.45) is 0 Å². The molecular weight excluding hydrogens is 211 g/mol. The fourth-order valence-electron chi connectivity index (χ4n) is 1.09. The van der Waals surface area contributed by atoms with Crippen LogP contribution < -0.4 is 0 Å². The van der Waals surface area contributed by atoms with Crippen LogP contribution in [-0.2, 0) is 6.18 Å². The van der Waals surface area contributed by atoms with Gasteiger partial charge in [-0.25, -0.2) is 4.98 Å². The number of hydrogen-bond donors (Lipinski definition) is 0. The number of pyridine rings is 1. The molecule has 1 rings (SSSR count). The van der Waals surface area contributed by atoms with E-state index in [1.54, 1.807) is 19.2 Å². The Bertz CT molecular complexity index is 347. The lowest BCUT2D eigenvalue weighted by Gasteiger charge is -2.12. The SMILES string of the molecule is CSc1cc(C)c(C)c(C(F)(F)F)n1. The van der Waals surface area contributed by atoms with Crippen LogP contribution >= 0.6 is 11.8 Å². The van der Waals surface area contributed by atoms with E-state index in [0.29, 0.717) is 10.6 Å². The molecule has 1 nitrogen and oxygen atoms in total. The van der Waals surface area contributed by atoms with Crippen molar-refractivity contribution in [3.05, 3.63) is 22.9 Å². The van der Waals surface area contributed by atoms with Crippen molar-refractivity contribution in [1.82, 2.24) is 4.98 Å². The second-order valence-corrected chi connectivity index (χ2v) is 3.78. The van der Waals surface area contributed by atoms with E-state index < -0.39 is 11.9 Å². The molecule has 1 aromatic rings. The molecule has 0 aliphatic carbocycles. The Hall–Kier alpha value is -0.710. The summed E-state index contributed by atoms with van der Waals surface area (Å²) in [5.74, 6) is 0. The van der Waals surface area contributed by atoms with Crippen molar-refractivity contribution in [3.63, 3.8) is 0 Å². The van der Waals surface area contributed by atoms with Crippen LogP contribution in [0.25, 0.3) is 0 Å². The summed E-state index contributed by atoms with van der Waals surface area (Å²) in [6, 6.07) is 1.66. The molecule has 0 aliphatic heterocycles. The lowest BCUT2D eigenvalue weighted by molar-refractivity contribution is -0.142. The molecule has 0 saturated carbocycles. The van der Waals surface area contributed by atoms with Crippen molar-refractivity contribution >= 4 is 11.8 Å². The molecule has 0 fully saturated rings. The van der Waals surface area contributed by atoms with Gasteiger partial charge >= 0.3 is 6.18 Å². The van der Waals surface area contributed by atoms with Crippen molar-refractivity contribution in [3.8, 4) is 0 Å². The maximum absolute atomic E-state index is 12.5. The first-order chi connectivity index (χ1) is 6.36. The topological polar surface area (TPSA) is 12.9 Å². The van der Waals surface area contributed by atoms with Gasteiger partial charge in [0.25, 0.3) is 0 Å². The third kappa shape index (κ3) is 2.20. The van der Waals surface area contributed by atoms with E-state index in [2.05, 4.69) is 4.98 Å². The van der Waals surface area contributed by atoms with Crippen molar-refractivity contribution in [1.29, 1.82) is 0 Å². The van der Waals surface area contributed by atoms with Crippen molar-refractivity contribution < 1.29 is 13.2 Å². The highest BCUT2D eigenvalue weighted by molar-refractivity contribution is 7.98. The summed E-state index contributed by atoms with van der Waals surface area (Å²) in [5.41, 5.74) is 0.0498. The molecule has 0 bridgehead atoms. The summed E-state index contributed by atoms with van der Waals surface area (Å²) in [6.45, 7) is 3.10. The molecule has 5 heteroatoms. The molecule has 0 atom stereocenters. The third-order valence-electron chi connectivity index (χ3n) is 1.99. The van der Waals surface area contributed by atoms with Crippen LogP contribution in [0.2, 0.25) is 0 Å². The summed E-state index contributed by atoms with van der Waals surface area (Å²) in [7, 11) is 0. The molecule has 78 valence electrons. The summed E-state index contributed by atoms with van der Waals surface area (Å²) < 4.78 is 37.4. The van der Waals surface area contributed by atoms with Crippen molar-refractivity contribution in [2.45, 2.75) is 25.0 Å². The minimum atomic E-state index is -4.36. The lowest BCUT2D eigenvalue weighted by Crippen LogP contribution is -2.12. The highest BCUT2D eigenvalue weighted by atomic mass is 32.2. The van der Waals surface area contributed by atoms with E-state index in [4.69, 9.17) is 0 Å². The molecule has 1 aromatic heterocycles. The van der Waals surface area contributed by atoms with Gasteiger partial charge in [-0.05, 0) is 37.3 Å². The minimum Gasteiger partial charge on any atom is -0.237 e. The van der Waals surface area contributed by atoms with Crippen molar-refractivity contribution in [2.75, 3.05) is 6.26 Å². The summed E-state index contributed by atoms with van der Waals surface area (Å²) >= 11 is 1.21. The van der Waals surface area contributed by atoms with E-state index in [1.807, 2.05) is 0 Å². The summed E-state index contributed by atoms with van der Waals surface area (Å²) in [5, 5.41) is 0.403. The van der Waals surface area contributed by atoms with Crippen LogP contribution in [-0.4, -0.2) is 11.2 Å². The van der Waals surface area contributed by atoms with Gasteiger partial charge in [0.15, 0.2) is 0 Å². The average molecular weight is 221 g/mol. The van der Waals surface area contributed by atoms with Crippen LogP contribution in [0.1, 0.15) is 16.8 Å². The van der Waals surface area contributed by atoms with Gasteiger partial charge < -0.3 is 0 Å². The second-order valence-electron chi connectivity index (χ2n) is 2.95. The zero-order valence-electron chi connectivity index (χ0n) is 8.07. The van der Waals surface area contributed by atoms with Crippen LogP contribution in [0.15, 0.2) is 11.1 Å². The third-order valence-corrected chi connectivity index (χ3v) is 2.61. The number of halogens is 3. The molecule has 0 unspecified atom stereocenters. The minimum absolute atomic E-state index is 0.204. The van der Waals surface area contributed by atoms with E-state index in [-0.39, 0.29) is 5.56 Å². The molecular formula is C9H10F3NS. The van der Waals surface area contributed by atoms with Gasteiger partial charge in [0.1, 0.15) is 5.69 Å². The Labute approximate surface area is 84.7 Å². The van der Waals surface area contributed by atoms with E-state index in [1.165, 1.54) is 18.7 Å². The zero-order valence-corrected chi connectivity index (χ0v) is 8.88. The standard InChI is InChI=1S/C9H10F3NS/c1-5-4-7(14-3)13-8(6(5)2)9(10,11)12/h4H,1-3H3. The van der Waals surface area contributed by atoms with Crippen LogP contribution in [0.5, 0.6) is 0 Å². The summed E-state index contributed by atoms with van der Waals surface area (Å²) in [4.78, 5) is 3.56. The highest BCUT2D eigenvalue weighted by Crippen LogP contribution is 2.32. The maximum Gasteiger partial charge on any atom is 0.433 e. The Morgan fingerprint density at radius 3 is 2.29 bits per heavy atom. The van der Waals surface area contributed by atoms with Gasteiger partial charge in [-0.2, -0.15) is 13.2 Å². The quantitative estimate of drug-likeness (QED) is 0.674. The smallest absolute Gasteiger partial charge is 0.237 e. The molecule has 0 spiro atoms. The van der Waals surface area contributed by atoms with Crippen LogP contribution in [0.3, 0.4) is 0 Å². The maximum atomic E-state index is 12.5. The fraction of sp³-hybridized carbons (Fsp3) is 0.444. The molecule has 0 amide bonds. The number of aryl methyl sites for hydroxylation is 1. The Morgan fingerprint density at radius 2 is 1.86 bits per heavy atom. The molecule has 1 heterocycles. The van der Waals surface area contributed by atoms with Gasteiger partial charge in [0.2, 0.25) is 0 Å². The van der Waals surface area contributed by atoms with Gasteiger partial charge in [0.05, 0.1) is 5.03 Å². The molecule has 0 N–H and O–H groups in total. The highest BCUT2D eigenvalue weighted by Gasteiger charge is 2.35. The number of thioether (sulfide) groups is 1. The number of nitrogens with zero attached hydrogens (tertiary/aromatic N) is 1. The molecule has 0 saturated heterocycles.